The van der Waals surface area contributed by atoms with Gasteiger partial charge in [0.15, 0.2) is 0 Å². The number of benzene rings is 2. The Hall–Kier alpha value is -2.54. The van der Waals surface area contributed by atoms with Crippen LogP contribution in [0.5, 0.6) is 5.75 Å². The van der Waals surface area contributed by atoms with E-state index in [4.69, 9.17) is 4.74 Å². The quantitative estimate of drug-likeness (QED) is 0.511. The maximum absolute atomic E-state index is 13.1. The molecule has 0 bridgehead atoms. The number of halogens is 1. The van der Waals surface area contributed by atoms with Crippen LogP contribution in [0.15, 0.2) is 58.3 Å². The third kappa shape index (κ3) is 6.12. The minimum Gasteiger partial charge on any atom is -0.492 e. The molecule has 1 saturated heterocycles. The van der Waals surface area contributed by atoms with Crippen LogP contribution in [0.3, 0.4) is 0 Å². The fourth-order valence-electron chi connectivity index (χ4n) is 3.54. The molecule has 1 N–H and O–H groups in total. The molecule has 0 aromatic heterocycles. The van der Waals surface area contributed by atoms with E-state index in [1.54, 1.807) is 0 Å². The second-order valence-electron chi connectivity index (χ2n) is 8.05. The monoisotopic (exact) mass is 513 g/mol. The van der Waals surface area contributed by atoms with Gasteiger partial charge in [0.05, 0.1) is 22.3 Å². The lowest BCUT2D eigenvalue weighted by Crippen LogP contribution is -2.45. The summed E-state index contributed by atoms with van der Waals surface area (Å²) < 4.78 is 70.9. The van der Waals surface area contributed by atoms with E-state index in [0.717, 1.165) is 16.4 Å². The van der Waals surface area contributed by atoms with E-state index in [0.29, 0.717) is 25.1 Å². The Kier molecular flexibility index (Phi) is 8.29. The first-order chi connectivity index (χ1) is 16.0. The molecule has 1 fully saturated rings. The summed E-state index contributed by atoms with van der Waals surface area (Å²) >= 11 is 0. The molecule has 0 unspecified atom stereocenters. The largest absolute Gasteiger partial charge is 0.492 e. The number of piperidine rings is 1. The number of ether oxygens (including phenoxy) is 1. The second-order valence-corrected chi connectivity index (χ2v) is 12.1. The van der Waals surface area contributed by atoms with Gasteiger partial charge in [-0.25, -0.2) is 25.5 Å². The predicted octanol–water partition coefficient (Wildman–Crippen LogP) is 1.67. The molecule has 0 spiro atoms. The number of rotatable bonds is 9. The molecule has 9 nitrogen and oxygen atoms in total. The van der Waals surface area contributed by atoms with Crippen molar-refractivity contribution in [1.82, 2.24) is 13.9 Å². The summed E-state index contributed by atoms with van der Waals surface area (Å²) in [6.45, 7) is 0.716. The normalized spacial score (nSPS) is 17.5. The van der Waals surface area contributed by atoms with Gasteiger partial charge < -0.3 is 10.1 Å². The summed E-state index contributed by atoms with van der Waals surface area (Å²) in [5, 5.41) is 2.75. The topological polar surface area (TPSA) is 113 Å². The van der Waals surface area contributed by atoms with Crippen LogP contribution in [0.4, 0.5) is 4.39 Å². The molecule has 2 aromatic rings. The van der Waals surface area contributed by atoms with Crippen molar-refractivity contribution < 1.29 is 30.8 Å². The first-order valence-corrected chi connectivity index (χ1v) is 13.6. The summed E-state index contributed by atoms with van der Waals surface area (Å²) in [5.74, 6) is -0.831. The molecule has 1 aliphatic heterocycles. The van der Waals surface area contributed by atoms with Gasteiger partial charge in [0.2, 0.25) is 26.0 Å². The lowest BCUT2D eigenvalue weighted by Gasteiger charge is -2.31. The lowest BCUT2D eigenvalue weighted by molar-refractivity contribution is -0.126. The van der Waals surface area contributed by atoms with Gasteiger partial charge in [0.1, 0.15) is 18.2 Å². The lowest BCUT2D eigenvalue weighted by atomic mass is 9.99. The number of nitrogens with one attached hydrogen (secondary N) is 1. The average molecular weight is 514 g/mol. The van der Waals surface area contributed by atoms with Gasteiger partial charge in [0, 0.05) is 27.2 Å². The Bertz CT molecular complexity index is 1200. The summed E-state index contributed by atoms with van der Waals surface area (Å²) in [5.41, 5.74) is 0. The Balaban J connectivity index is 1.49. The zero-order valence-corrected chi connectivity index (χ0v) is 20.6. The maximum atomic E-state index is 13.1. The second kappa shape index (κ2) is 10.8. The molecule has 0 saturated carbocycles. The van der Waals surface area contributed by atoms with Crippen LogP contribution < -0.4 is 10.1 Å². The molecule has 12 heteroatoms. The molecular weight excluding hydrogens is 485 g/mol. The first kappa shape index (κ1) is 26.1. The number of amides is 1. The van der Waals surface area contributed by atoms with Gasteiger partial charge >= 0.3 is 0 Å². The number of nitrogens with zero attached hydrogens (tertiary/aromatic N) is 2. The van der Waals surface area contributed by atoms with Crippen LogP contribution >= 0.6 is 0 Å². The standard InChI is InChI=1S/C22H28FN3O6S2/c1-25(2)33(28,29)20-11-7-19(8-12-20)32-15-13-24-22(27)17-4-3-14-26(16-17)34(30,31)21-9-5-18(23)6-10-21/h5-12,17H,3-4,13-16H2,1-2H3,(H,24,27)/t17-/m1/s1. The maximum Gasteiger partial charge on any atom is 0.243 e. The fraction of sp³-hybridized carbons (Fsp3) is 0.409. The van der Waals surface area contributed by atoms with Gasteiger partial charge in [-0.15, -0.1) is 0 Å². The molecule has 2 aromatic carbocycles. The van der Waals surface area contributed by atoms with Crippen LogP contribution in [0.1, 0.15) is 12.8 Å². The molecule has 1 atom stereocenters. The predicted molar refractivity (Wildman–Crippen MR) is 124 cm³/mol. The number of sulfonamides is 2. The molecule has 3 rings (SSSR count). The van der Waals surface area contributed by atoms with E-state index in [9.17, 15) is 26.0 Å². The summed E-state index contributed by atoms with van der Waals surface area (Å²) in [6.07, 6.45) is 1.10. The molecule has 0 radical (unpaired) electrons. The summed E-state index contributed by atoms with van der Waals surface area (Å²) in [6, 6.07) is 10.6. The zero-order chi connectivity index (χ0) is 24.9. The van der Waals surface area contributed by atoms with Crippen molar-refractivity contribution in [3.05, 3.63) is 54.3 Å². The van der Waals surface area contributed by atoms with Crippen molar-refractivity contribution in [1.29, 1.82) is 0 Å². The molecule has 1 amide bonds. The summed E-state index contributed by atoms with van der Waals surface area (Å²) in [7, 11) is -4.43. The van der Waals surface area contributed by atoms with Crippen LogP contribution in [0.2, 0.25) is 0 Å². The van der Waals surface area contributed by atoms with Crippen LogP contribution in [0, 0.1) is 11.7 Å². The highest BCUT2D eigenvalue weighted by Crippen LogP contribution is 2.24. The van der Waals surface area contributed by atoms with E-state index in [1.165, 1.54) is 54.8 Å². The van der Waals surface area contributed by atoms with Crippen molar-refractivity contribution >= 4 is 26.0 Å². The van der Waals surface area contributed by atoms with Gasteiger partial charge in [-0.1, -0.05) is 0 Å². The highest BCUT2D eigenvalue weighted by molar-refractivity contribution is 7.89. The SMILES string of the molecule is CN(C)S(=O)(=O)c1ccc(OCCNC(=O)[C@@H]2CCCN(S(=O)(=O)c3ccc(F)cc3)C2)cc1. The van der Waals surface area contributed by atoms with Gasteiger partial charge in [-0.2, -0.15) is 4.31 Å². The van der Waals surface area contributed by atoms with E-state index in [-0.39, 0.29) is 35.4 Å². The third-order valence-corrected chi connectivity index (χ3v) is 9.19. The fourth-order valence-corrected chi connectivity index (χ4v) is 5.96. The van der Waals surface area contributed by atoms with Crippen molar-refractivity contribution in [2.75, 3.05) is 40.3 Å². The highest BCUT2D eigenvalue weighted by atomic mass is 32.2. The van der Waals surface area contributed by atoms with Crippen LogP contribution in [-0.4, -0.2) is 71.7 Å². The molecule has 1 aliphatic rings. The number of hydrogen-bond acceptors (Lipinski definition) is 6. The molecular formula is C22H28FN3O6S2. The van der Waals surface area contributed by atoms with E-state index in [2.05, 4.69) is 5.32 Å². The molecule has 186 valence electrons. The first-order valence-electron chi connectivity index (χ1n) is 10.7. The number of carbonyl (C=O) groups excluding carboxylic acids is 1. The summed E-state index contributed by atoms with van der Waals surface area (Å²) in [4.78, 5) is 12.7. The highest BCUT2D eigenvalue weighted by Gasteiger charge is 2.33. The Morgan fingerprint density at radius 2 is 1.68 bits per heavy atom. The molecule has 1 heterocycles. The Morgan fingerprint density at radius 1 is 1.06 bits per heavy atom. The molecule has 0 aliphatic carbocycles. The van der Waals surface area contributed by atoms with Gasteiger partial charge in [-0.3, -0.25) is 4.79 Å². The van der Waals surface area contributed by atoms with Crippen molar-refractivity contribution in [2.24, 2.45) is 5.92 Å². The van der Waals surface area contributed by atoms with E-state index >= 15 is 0 Å². The van der Waals surface area contributed by atoms with Crippen molar-refractivity contribution in [3.63, 3.8) is 0 Å². The zero-order valence-electron chi connectivity index (χ0n) is 19.0. The van der Waals surface area contributed by atoms with Crippen molar-refractivity contribution in [2.45, 2.75) is 22.6 Å². The smallest absolute Gasteiger partial charge is 0.243 e. The molecule has 34 heavy (non-hydrogen) atoms. The number of carbonyl (C=O) groups is 1. The third-order valence-electron chi connectivity index (χ3n) is 5.48. The average Bonchev–Trinajstić information content (AvgIpc) is 2.82. The Morgan fingerprint density at radius 3 is 2.29 bits per heavy atom. The van der Waals surface area contributed by atoms with E-state index in [1.807, 2.05) is 0 Å². The minimum absolute atomic E-state index is 0.00671. The van der Waals surface area contributed by atoms with Gasteiger partial charge in [0.25, 0.3) is 0 Å². The van der Waals surface area contributed by atoms with Crippen molar-refractivity contribution in [3.8, 4) is 5.75 Å². The minimum atomic E-state index is -3.81. The number of hydrogen-bond donors (Lipinski definition) is 1. The Labute approximate surface area is 199 Å². The van der Waals surface area contributed by atoms with E-state index < -0.39 is 31.8 Å². The van der Waals surface area contributed by atoms with Crippen LogP contribution in [-0.2, 0) is 24.8 Å². The van der Waals surface area contributed by atoms with Crippen LogP contribution in [0.25, 0.3) is 0 Å². The van der Waals surface area contributed by atoms with Gasteiger partial charge in [-0.05, 0) is 61.4 Å².